The molecular formula is C20H18N8S2. The molecule has 30 heavy (non-hydrogen) atoms. The predicted molar refractivity (Wildman–Crippen MR) is 117 cm³/mol. The van der Waals surface area contributed by atoms with E-state index in [-0.39, 0.29) is 0 Å². The summed E-state index contributed by atoms with van der Waals surface area (Å²) < 4.78 is 3.66. The van der Waals surface area contributed by atoms with E-state index in [4.69, 9.17) is 5.10 Å². The van der Waals surface area contributed by atoms with Crippen molar-refractivity contribution < 1.29 is 0 Å². The molecule has 0 aliphatic carbocycles. The smallest absolute Gasteiger partial charge is 0.235 e. The van der Waals surface area contributed by atoms with E-state index in [9.17, 15) is 0 Å². The Morgan fingerprint density at radius 3 is 2.97 bits per heavy atom. The van der Waals surface area contributed by atoms with Crippen LogP contribution < -0.4 is 5.32 Å². The molecule has 1 aromatic carbocycles. The van der Waals surface area contributed by atoms with Crippen LogP contribution >= 0.6 is 23.1 Å². The first kappa shape index (κ1) is 18.0. The van der Waals surface area contributed by atoms with Gasteiger partial charge in [-0.05, 0) is 55.4 Å². The number of nitrogens with zero attached hydrogens (tertiary/aromatic N) is 7. The first-order valence-electron chi connectivity index (χ1n) is 9.75. The second-order valence-electron chi connectivity index (χ2n) is 7.35. The molecule has 0 unspecified atom stereocenters. The van der Waals surface area contributed by atoms with Crippen molar-refractivity contribution >= 4 is 39.0 Å². The molecule has 150 valence electrons. The molecule has 1 N–H and O–H groups in total. The van der Waals surface area contributed by atoms with Crippen LogP contribution in [0.4, 0.5) is 0 Å². The molecule has 0 spiro atoms. The molecule has 10 heteroatoms. The average Bonchev–Trinajstić information content (AvgIpc) is 3.53. The van der Waals surface area contributed by atoms with Crippen LogP contribution in [0.5, 0.6) is 0 Å². The minimum Gasteiger partial charge on any atom is -0.308 e. The largest absolute Gasteiger partial charge is 0.308 e. The molecule has 1 aliphatic heterocycles. The van der Waals surface area contributed by atoms with Crippen LogP contribution in [0.25, 0.3) is 27.0 Å². The molecule has 0 bridgehead atoms. The summed E-state index contributed by atoms with van der Waals surface area (Å²) in [6, 6.07) is 8.73. The quantitative estimate of drug-likeness (QED) is 0.461. The topological polar surface area (TPSA) is 85.8 Å². The van der Waals surface area contributed by atoms with E-state index in [1.807, 2.05) is 36.2 Å². The van der Waals surface area contributed by atoms with Gasteiger partial charge in [-0.25, -0.2) is 0 Å². The van der Waals surface area contributed by atoms with Gasteiger partial charge in [0.2, 0.25) is 10.1 Å². The van der Waals surface area contributed by atoms with Crippen molar-refractivity contribution in [3.8, 4) is 11.1 Å². The Morgan fingerprint density at radius 1 is 1.17 bits per heavy atom. The van der Waals surface area contributed by atoms with Gasteiger partial charge in [0.15, 0.2) is 0 Å². The molecule has 8 nitrogen and oxygen atoms in total. The number of aryl methyl sites for hydroxylation is 1. The second-order valence-corrected chi connectivity index (χ2v) is 9.38. The molecular weight excluding hydrogens is 416 g/mol. The van der Waals surface area contributed by atoms with Crippen molar-refractivity contribution in [3.05, 3.63) is 47.9 Å². The van der Waals surface area contributed by atoms with E-state index >= 15 is 0 Å². The van der Waals surface area contributed by atoms with Crippen molar-refractivity contribution in [2.45, 2.75) is 28.9 Å². The normalized spacial score (nSPS) is 16.8. The number of hydrogen-bond donors (Lipinski definition) is 1. The van der Waals surface area contributed by atoms with E-state index in [1.165, 1.54) is 6.42 Å². The van der Waals surface area contributed by atoms with Crippen molar-refractivity contribution in [1.82, 2.24) is 39.9 Å². The third-order valence-corrected chi connectivity index (χ3v) is 7.18. The van der Waals surface area contributed by atoms with Crippen LogP contribution in [0.15, 0.2) is 52.9 Å². The molecule has 4 aromatic heterocycles. The van der Waals surface area contributed by atoms with Crippen LogP contribution in [0.2, 0.25) is 0 Å². The summed E-state index contributed by atoms with van der Waals surface area (Å²) in [5, 5.41) is 24.1. The van der Waals surface area contributed by atoms with Crippen LogP contribution in [-0.4, -0.2) is 41.1 Å². The lowest BCUT2D eigenvalue weighted by Crippen LogP contribution is -2.12. The summed E-state index contributed by atoms with van der Waals surface area (Å²) in [5.74, 6) is 0. The first-order valence-corrected chi connectivity index (χ1v) is 11.4. The Labute approximate surface area is 180 Å². The molecule has 5 heterocycles. The maximum Gasteiger partial charge on any atom is 0.235 e. The van der Waals surface area contributed by atoms with Crippen molar-refractivity contribution in [2.75, 3.05) is 6.54 Å². The average molecular weight is 435 g/mol. The van der Waals surface area contributed by atoms with Crippen LogP contribution in [0.1, 0.15) is 23.9 Å². The summed E-state index contributed by atoms with van der Waals surface area (Å²) in [7, 11) is 1.92. The predicted octanol–water partition coefficient (Wildman–Crippen LogP) is 3.71. The number of nitrogens with one attached hydrogen (secondary N) is 1. The lowest BCUT2D eigenvalue weighted by Gasteiger charge is -2.04. The maximum absolute atomic E-state index is 4.77. The number of pyridine rings is 1. The standard InChI is InChI=1S/C20H18N8S2/c1-27-11-14(10-23-27)13-7-12-8-15(4-5-16(12)22-9-13)29-19-24-25-20-28(19)26-18(30-20)17-3-2-6-21-17/h4-5,7-11,17,21H,2-3,6H2,1H3/t17-/m0/s1. The van der Waals surface area contributed by atoms with Gasteiger partial charge < -0.3 is 5.32 Å². The molecule has 0 amide bonds. The van der Waals surface area contributed by atoms with Crippen molar-refractivity contribution in [1.29, 1.82) is 0 Å². The second kappa shape index (κ2) is 7.15. The Bertz CT molecular complexity index is 1360. The number of hydrogen-bond acceptors (Lipinski definition) is 8. The zero-order valence-corrected chi connectivity index (χ0v) is 17.8. The van der Waals surface area contributed by atoms with Gasteiger partial charge in [-0.15, -0.1) is 10.2 Å². The van der Waals surface area contributed by atoms with Crippen molar-refractivity contribution in [3.63, 3.8) is 0 Å². The SMILES string of the molecule is Cn1cc(-c2cnc3ccc(Sc4nnc5sc([C@@H]6CCCN6)nn45)cc3c2)cn1. The highest BCUT2D eigenvalue weighted by molar-refractivity contribution is 7.99. The molecule has 0 saturated carbocycles. The molecule has 1 atom stereocenters. The summed E-state index contributed by atoms with van der Waals surface area (Å²) in [5.41, 5.74) is 3.07. The maximum atomic E-state index is 4.77. The summed E-state index contributed by atoms with van der Waals surface area (Å²) >= 11 is 3.18. The fourth-order valence-electron chi connectivity index (χ4n) is 3.72. The van der Waals surface area contributed by atoms with Gasteiger partial charge in [0.1, 0.15) is 5.01 Å². The monoisotopic (exact) mass is 434 g/mol. The van der Waals surface area contributed by atoms with Crippen LogP contribution in [-0.2, 0) is 7.05 Å². The van der Waals surface area contributed by atoms with E-state index in [2.05, 4.69) is 43.8 Å². The number of benzene rings is 1. The number of rotatable bonds is 4. The third kappa shape index (κ3) is 3.17. The Morgan fingerprint density at radius 2 is 2.13 bits per heavy atom. The highest BCUT2D eigenvalue weighted by Crippen LogP contribution is 2.33. The van der Waals surface area contributed by atoms with Gasteiger partial charge in [0.05, 0.1) is 17.8 Å². The number of fused-ring (bicyclic) bond motifs is 2. The number of aromatic nitrogens is 7. The Balaban J connectivity index is 1.33. The first-order chi connectivity index (χ1) is 14.7. The fourth-order valence-corrected chi connectivity index (χ4v) is 5.55. The minimum absolute atomic E-state index is 0.340. The van der Waals surface area contributed by atoms with Crippen LogP contribution in [0.3, 0.4) is 0 Å². The van der Waals surface area contributed by atoms with Crippen LogP contribution in [0, 0.1) is 0 Å². The zero-order chi connectivity index (χ0) is 20.1. The Kier molecular flexibility index (Phi) is 4.29. The molecule has 0 radical (unpaired) electrons. The van der Waals surface area contributed by atoms with Gasteiger partial charge in [0, 0.05) is 40.8 Å². The molecule has 6 rings (SSSR count). The molecule has 5 aromatic rings. The molecule has 1 saturated heterocycles. The summed E-state index contributed by atoms with van der Waals surface area (Å²) in [6.07, 6.45) is 8.06. The fraction of sp³-hybridized carbons (Fsp3) is 0.250. The van der Waals surface area contributed by atoms with Crippen molar-refractivity contribution in [2.24, 2.45) is 7.05 Å². The Hall–Kier alpha value is -2.82. The lowest BCUT2D eigenvalue weighted by molar-refractivity contribution is 0.623. The van der Waals surface area contributed by atoms with Gasteiger partial charge in [-0.3, -0.25) is 9.67 Å². The lowest BCUT2D eigenvalue weighted by atomic mass is 10.1. The zero-order valence-electron chi connectivity index (χ0n) is 16.2. The van der Waals surface area contributed by atoms with E-state index < -0.39 is 0 Å². The van der Waals surface area contributed by atoms with Gasteiger partial charge >= 0.3 is 0 Å². The summed E-state index contributed by atoms with van der Waals surface area (Å²) in [6.45, 7) is 1.05. The van der Waals surface area contributed by atoms with Gasteiger partial charge in [-0.1, -0.05) is 11.3 Å². The van der Waals surface area contributed by atoms with E-state index in [0.717, 1.165) is 55.0 Å². The van der Waals surface area contributed by atoms with Gasteiger partial charge in [0.25, 0.3) is 0 Å². The van der Waals surface area contributed by atoms with Gasteiger partial charge in [-0.2, -0.15) is 14.7 Å². The minimum atomic E-state index is 0.340. The summed E-state index contributed by atoms with van der Waals surface area (Å²) in [4.78, 5) is 6.52. The molecule has 1 fully saturated rings. The highest BCUT2D eigenvalue weighted by Gasteiger charge is 2.22. The molecule has 1 aliphatic rings. The highest BCUT2D eigenvalue weighted by atomic mass is 32.2. The third-order valence-electron chi connectivity index (χ3n) is 5.24. The van der Waals surface area contributed by atoms with E-state index in [0.29, 0.717) is 6.04 Å². The van der Waals surface area contributed by atoms with E-state index in [1.54, 1.807) is 27.8 Å².